The molecule has 0 amide bonds. The van der Waals surface area contributed by atoms with Crippen LogP contribution in [0.2, 0.25) is 0 Å². The highest BCUT2D eigenvalue weighted by atomic mass is 79.9. The van der Waals surface area contributed by atoms with Gasteiger partial charge in [0.2, 0.25) is 0 Å². The van der Waals surface area contributed by atoms with E-state index in [-0.39, 0.29) is 0 Å². The SMILES string of the molecule is Cc1cc(Br)c(CC(C)C)cc1O. The number of phenols is 1. The lowest BCUT2D eigenvalue weighted by molar-refractivity contribution is 0.469. The van der Waals surface area contributed by atoms with Crippen LogP contribution in [0.5, 0.6) is 5.75 Å². The highest BCUT2D eigenvalue weighted by molar-refractivity contribution is 9.10. The molecule has 0 aromatic heterocycles. The third kappa shape index (κ3) is 2.73. The Kier molecular flexibility index (Phi) is 3.37. The quantitative estimate of drug-likeness (QED) is 0.840. The molecule has 13 heavy (non-hydrogen) atoms. The Morgan fingerprint density at radius 3 is 2.54 bits per heavy atom. The fourth-order valence-electron chi connectivity index (χ4n) is 1.30. The van der Waals surface area contributed by atoms with Crippen molar-refractivity contribution in [1.82, 2.24) is 0 Å². The second-order valence-corrected chi connectivity index (χ2v) is 4.68. The number of hydrogen-bond donors (Lipinski definition) is 1. The summed E-state index contributed by atoms with van der Waals surface area (Å²) < 4.78 is 1.09. The van der Waals surface area contributed by atoms with E-state index in [0.29, 0.717) is 11.7 Å². The first-order chi connectivity index (χ1) is 6.00. The molecule has 0 heterocycles. The van der Waals surface area contributed by atoms with Crippen LogP contribution in [-0.4, -0.2) is 5.11 Å². The monoisotopic (exact) mass is 242 g/mol. The Morgan fingerprint density at radius 1 is 1.38 bits per heavy atom. The number of aromatic hydroxyl groups is 1. The van der Waals surface area contributed by atoms with Gasteiger partial charge in [0.25, 0.3) is 0 Å². The van der Waals surface area contributed by atoms with E-state index in [0.717, 1.165) is 16.5 Å². The summed E-state index contributed by atoms with van der Waals surface area (Å²) >= 11 is 3.50. The predicted molar refractivity (Wildman–Crippen MR) is 59.1 cm³/mol. The first-order valence-electron chi connectivity index (χ1n) is 4.48. The molecule has 0 unspecified atom stereocenters. The molecule has 0 spiro atoms. The summed E-state index contributed by atoms with van der Waals surface area (Å²) in [5.74, 6) is 0.997. The summed E-state index contributed by atoms with van der Waals surface area (Å²) in [6.07, 6.45) is 0.994. The summed E-state index contributed by atoms with van der Waals surface area (Å²) in [5, 5.41) is 9.52. The molecule has 0 saturated heterocycles. The number of phenolic OH excluding ortho intramolecular Hbond substituents is 1. The van der Waals surface area contributed by atoms with Gasteiger partial charge in [0.1, 0.15) is 5.75 Å². The Morgan fingerprint density at radius 2 is 2.00 bits per heavy atom. The summed E-state index contributed by atoms with van der Waals surface area (Å²) in [6, 6.07) is 3.81. The maximum atomic E-state index is 9.52. The molecule has 0 aliphatic rings. The van der Waals surface area contributed by atoms with Crippen LogP contribution in [0.3, 0.4) is 0 Å². The van der Waals surface area contributed by atoms with Crippen molar-refractivity contribution in [2.24, 2.45) is 5.92 Å². The van der Waals surface area contributed by atoms with Crippen molar-refractivity contribution in [3.63, 3.8) is 0 Å². The van der Waals surface area contributed by atoms with Crippen molar-refractivity contribution in [2.75, 3.05) is 0 Å². The van der Waals surface area contributed by atoms with Gasteiger partial charge in [-0.15, -0.1) is 0 Å². The molecule has 1 rings (SSSR count). The minimum absolute atomic E-state index is 0.388. The topological polar surface area (TPSA) is 20.2 Å². The van der Waals surface area contributed by atoms with Gasteiger partial charge in [-0.2, -0.15) is 0 Å². The summed E-state index contributed by atoms with van der Waals surface area (Å²) in [7, 11) is 0. The van der Waals surface area contributed by atoms with E-state index in [4.69, 9.17) is 0 Å². The number of aryl methyl sites for hydroxylation is 1. The highest BCUT2D eigenvalue weighted by Gasteiger charge is 2.06. The van der Waals surface area contributed by atoms with Crippen LogP contribution in [0.1, 0.15) is 25.0 Å². The molecular weight excluding hydrogens is 228 g/mol. The normalized spacial score (nSPS) is 10.8. The van der Waals surface area contributed by atoms with Gasteiger partial charge in [0, 0.05) is 4.47 Å². The lowest BCUT2D eigenvalue weighted by Gasteiger charge is -2.09. The van der Waals surface area contributed by atoms with Crippen LogP contribution in [0.25, 0.3) is 0 Å². The van der Waals surface area contributed by atoms with E-state index in [1.54, 1.807) is 0 Å². The van der Waals surface area contributed by atoms with Crippen molar-refractivity contribution >= 4 is 15.9 Å². The molecule has 0 saturated carbocycles. The van der Waals surface area contributed by atoms with Gasteiger partial charge in [-0.3, -0.25) is 0 Å². The van der Waals surface area contributed by atoms with Gasteiger partial charge in [-0.05, 0) is 42.5 Å². The van der Waals surface area contributed by atoms with E-state index in [9.17, 15) is 5.11 Å². The molecule has 0 fully saturated rings. The van der Waals surface area contributed by atoms with Crippen molar-refractivity contribution in [3.8, 4) is 5.75 Å². The first kappa shape index (κ1) is 10.6. The van der Waals surface area contributed by atoms with Crippen LogP contribution < -0.4 is 0 Å². The maximum Gasteiger partial charge on any atom is 0.118 e. The van der Waals surface area contributed by atoms with Crippen molar-refractivity contribution in [2.45, 2.75) is 27.2 Å². The summed E-state index contributed by atoms with van der Waals surface area (Å²) in [6.45, 7) is 6.24. The van der Waals surface area contributed by atoms with Crippen LogP contribution in [0.4, 0.5) is 0 Å². The minimum Gasteiger partial charge on any atom is -0.508 e. The second-order valence-electron chi connectivity index (χ2n) is 3.83. The number of halogens is 1. The van der Waals surface area contributed by atoms with E-state index in [1.807, 2.05) is 19.1 Å². The molecule has 2 heteroatoms. The third-order valence-corrected chi connectivity index (χ3v) is 2.73. The van der Waals surface area contributed by atoms with Crippen LogP contribution in [0, 0.1) is 12.8 Å². The summed E-state index contributed by atoms with van der Waals surface area (Å²) in [5.41, 5.74) is 2.09. The number of hydrogen-bond acceptors (Lipinski definition) is 1. The van der Waals surface area contributed by atoms with Crippen LogP contribution in [0.15, 0.2) is 16.6 Å². The number of benzene rings is 1. The van der Waals surface area contributed by atoms with Crippen molar-refractivity contribution < 1.29 is 5.11 Å². The molecular formula is C11H15BrO. The average Bonchev–Trinajstić information content (AvgIpc) is 1.99. The Bertz CT molecular complexity index is 305. The highest BCUT2D eigenvalue weighted by Crippen LogP contribution is 2.27. The Balaban J connectivity index is 3.01. The largest absolute Gasteiger partial charge is 0.508 e. The van der Waals surface area contributed by atoms with Crippen molar-refractivity contribution in [3.05, 3.63) is 27.7 Å². The fourth-order valence-corrected chi connectivity index (χ4v) is 1.92. The van der Waals surface area contributed by atoms with E-state index in [1.165, 1.54) is 5.56 Å². The van der Waals surface area contributed by atoms with Gasteiger partial charge in [0.15, 0.2) is 0 Å². The van der Waals surface area contributed by atoms with Gasteiger partial charge >= 0.3 is 0 Å². The average molecular weight is 243 g/mol. The van der Waals surface area contributed by atoms with E-state index < -0.39 is 0 Å². The molecule has 0 radical (unpaired) electrons. The third-order valence-electron chi connectivity index (χ3n) is 1.99. The predicted octanol–water partition coefficient (Wildman–Crippen LogP) is 3.66. The molecule has 0 aliphatic heterocycles. The first-order valence-corrected chi connectivity index (χ1v) is 5.28. The molecule has 1 nitrogen and oxygen atoms in total. The second kappa shape index (κ2) is 4.14. The molecule has 1 aromatic carbocycles. The van der Waals surface area contributed by atoms with Gasteiger partial charge in [0.05, 0.1) is 0 Å². The molecule has 0 bridgehead atoms. The molecule has 0 atom stereocenters. The fraction of sp³-hybridized carbons (Fsp3) is 0.455. The molecule has 1 N–H and O–H groups in total. The summed E-state index contributed by atoms with van der Waals surface area (Å²) in [4.78, 5) is 0. The lowest BCUT2D eigenvalue weighted by Crippen LogP contribution is -1.95. The van der Waals surface area contributed by atoms with E-state index in [2.05, 4.69) is 29.8 Å². The Labute approximate surface area is 87.9 Å². The molecule has 0 aliphatic carbocycles. The minimum atomic E-state index is 0.388. The zero-order chi connectivity index (χ0) is 10.0. The molecule has 1 aromatic rings. The smallest absolute Gasteiger partial charge is 0.118 e. The number of rotatable bonds is 2. The van der Waals surface area contributed by atoms with Crippen LogP contribution >= 0.6 is 15.9 Å². The van der Waals surface area contributed by atoms with Crippen LogP contribution in [-0.2, 0) is 6.42 Å². The van der Waals surface area contributed by atoms with Gasteiger partial charge in [-0.1, -0.05) is 29.8 Å². The lowest BCUT2D eigenvalue weighted by atomic mass is 10.0. The Hall–Kier alpha value is -0.500. The van der Waals surface area contributed by atoms with Gasteiger partial charge < -0.3 is 5.11 Å². The van der Waals surface area contributed by atoms with Gasteiger partial charge in [-0.25, -0.2) is 0 Å². The van der Waals surface area contributed by atoms with E-state index >= 15 is 0 Å². The maximum absolute atomic E-state index is 9.52. The zero-order valence-corrected chi connectivity index (χ0v) is 9.85. The standard InChI is InChI=1S/C11H15BrO/c1-7(2)4-9-6-11(13)8(3)5-10(9)12/h5-7,13H,4H2,1-3H3. The van der Waals surface area contributed by atoms with Crippen molar-refractivity contribution in [1.29, 1.82) is 0 Å². The molecule has 72 valence electrons. The zero-order valence-electron chi connectivity index (χ0n) is 8.26.